The number of aromatic nitrogens is 1. The number of rotatable bonds is 2. The van der Waals surface area contributed by atoms with Crippen LogP contribution in [0.1, 0.15) is 5.56 Å². The maximum Gasteiger partial charge on any atom is 0.129 e. The van der Waals surface area contributed by atoms with Crippen LogP contribution in [0.4, 0.5) is 5.82 Å². The molecule has 18 heavy (non-hydrogen) atoms. The lowest BCUT2D eigenvalue weighted by Crippen LogP contribution is -2.63. The average Bonchev–Trinajstić information content (AvgIpc) is 2.39. The normalized spacial score (nSPS) is 21.4. The molecule has 0 spiro atoms. The zero-order chi connectivity index (χ0) is 12.4. The van der Waals surface area contributed by atoms with Crippen molar-refractivity contribution in [1.82, 2.24) is 15.2 Å². The van der Waals surface area contributed by atoms with Gasteiger partial charge in [-0.05, 0) is 12.1 Å². The van der Waals surface area contributed by atoms with E-state index in [1.54, 1.807) is 12.3 Å². The van der Waals surface area contributed by atoms with E-state index >= 15 is 0 Å². The minimum Gasteiger partial charge on any atom is -0.353 e. The summed E-state index contributed by atoms with van der Waals surface area (Å²) in [6.07, 6.45) is 1.71. The highest BCUT2D eigenvalue weighted by Gasteiger charge is 2.32. The van der Waals surface area contributed by atoms with Gasteiger partial charge in [0.15, 0.2) is 0 Å². The Kier molecular flexibility index (Phi) is 3.13. The van der Waals surface area contributed by atoms with Crippen molar-refractivity contribution in [2.24, 2.45) is 0 Å². The first-order valence-corrected chi connectivity index (χ1v) is 6.43. The van der Waals surface area contributed by atoms with E-state index in [0.29, 0.717) is 11.6 Å². The summed E-state index contributed by atoms with van der Waals surface area (Å²) >= 11 is 0. The van der Waals surface area contributed by atoms with E-state index in [9.17, 15) is 0 Å². The average molecular weight is 243 g/mol. The molecule has 0 radical (unpaired) electrons. The predicted molar refractivity (Wildman–Crippen MR) is 69.4 cm³/mol. The molecule has 2 aliphatic heterocycles. The van der Waals surface area contributed by atoms with Gasteiger partial charge in [0, 0.05) is 51.5 Å². The first kappa shape index (κ1) is 11.5. The molecule has 2 aliphatic rings. The Morgan fingerprint density at radius 3 is 2.83 bits per heavy atom. The number of anilines is 1. The van der Waals surface area contributed by atoms with E-state index in [1.165, 1.54) is 0 Å². The highest BCUT2D eigenvalue weighted by Crippen LogP contribution is 2.22. The van der Waals surface area contributed by atoms with Gasteiger partial charge in [0.05, 0.1) is 11.6 Å². The van der Waals surface area contributed by atoms with E-state index < -0.39 is 0 Å². The van der Waals surface area contributed by atoms with Crippen LogP contribution in [0.25, 0.3) is 0 Å². The van der Waals surface area contributed by atoms with Crippen LogP contribution >= 0.6 is 0 Å². The maximum absolute atomic E-state index is 8.88. The number of nitrogens with one attached hydrogen (secondary N) is 1. The van der Waals surface area contributed by atoms with Crippen LogP contribution in [0.2, 0.25) is 0 Å². The molecule has 3 heterocycles. The van der Waals surface area contributed by atoms with Crippen molar-refractivity contribution in [1.29, 1.82) is 5.26 Å². The number of pyridine rings is 1. The van der Waals surface area contributed by atoms with Crippen molar-refractivity contribution < 1.29 is 0 Å². The molecule has 0 aromatic carbocycles. The SMILES string of the molecule is N#Cc1ccnc(N2CC(N3CCNCC3)C2)c1. The summed E-state index contributed by atoms with van der Waals surface area (Å²) in [5, 5.41) is 12.3. The Morgan fingerprint density at radius 2 is 2.11 bits per heavy atom. The summed E-state index contributed by atoms with van der Waals surface area (Å²) in [5.41, 5.74) is 0.686. The predicted octanol–water partition coefficient (Wildman–Crippen LogP) is 0.0471. The van der Waals surface area contributed by atoms with Gasteiger partial charge in [0.2, 0.25) is 0 Å². The molecule has 94 valence electrons. The number of hydrogen-bond donors (Lipinski definition) is 1. The van der Waals surface area contributed by atoms with Crippen LogP contribution in [0, 0.1) is 11.3 Å². The van der Waals surface area contributed by atoms with E-state index in [0.717, 1.165) is 45.1 Å². The zero-order valence-corrected chi connectivity index (χ0v) is 10.3. The van der Waals surface area contributed by atoms with Gasteiger partial charge in [-0.1, -0.05) is 0 Å². The Labute approximate surface area is 107 Å². The summed E-state index contributed by atoms with van der Waals surface area (Å²) in [7, 11) is 0. The Bertz CT molecular complexity index is 455. The van der Waals surface area contributed by atoms with Crippen LogP contribution in [-0.4, -0.2) is 55.2 Å². The van der Waals surface area contributed by atoms with Crippen LogP contribution in [0.5, 0.6) is 0 Å². The van der Waals surface area contributed by atoms with E-state index in [4.69, 9.17) is 5.26 Å². The summed E-state index contributed by atoms with van der Waals surface area (Å²) < 4.78 is 0. The van der Waals surface area contributed by atoms with Crippen LogP contribution < -0.4 is 10.2 Å². The second-order valence-electron chi connectivity index (χ2n) is 4.86. The zero-order valence-electron chi connectivity index (χ0n) is 10.3. The van der Waals surface area contributed by atoms with Crippen molar-refractivity contribution in [3.63, 3.8) is 0 Å². The quantitative estimate of drug-likeness (QED) is 0.795. The van der Waals surface area contributed by atoms with Gasteiger partial charge in [-0.15, -0.1) is 0 Å². The largest absolute Gasteiger partial charge is 0.353 e. The Morgan fingerprint density at radius 1 is 1.33 bits per heavy atom. The van der Waals surface area contributed by atoms with Crippen molar-refractivity contribution in [3.05, 3.63) is 23.9 Å². The highest BCUT2D eigenvalue weighted by atomic mass is 15.3. The lowest BCUT2D eigenvalue weighted by molar-refractivity contribution is 0.147. The third kappa shape index (κ3) is 2.17. The smallest absolute Gasteiger partial charge is 0.129 e. The van der Waals surface area contributed by atoms with E-state index in [-0.39, 0.29) is 0 Å². The summed E-state index contributed by atoms with van der Waals surface area (Å²) in [4.78, 5) is 9.12. The summed E-state index contributed by atoms with van der Waals surface area (Å²) in [5.74, 6) is 0.931. The molecule has 1 aromatic rings. The van der Waals surface area contributed by atoms with Crippen molar-refractivity contribution >= 4 is 5.82 Å². The Hall–Kier alpha value is -1.64. The molecule has 0 saturated carbocycles. The molecule has 0 unspecified atom stereocenters. The second kappa shape index (κ2) is 4.92. The van der Waals surface area contributed by atoms with Crippen LogP contribution in [0.15, 0.2) is 18.3 Å². The van der Waals surface area contributed by atoms with Gasteiger partial charge in [0.25, 0.3) is 0 Å². The number of nitriles is 1. The van der Waals surface area contributed by atoms with E-state index in [1.807, 2.05) is 6.07 Å². The lowest BCUT2D eigenvalue weighted by atomic mass is 10.1. The van der Waals surface area contributed by atoms with Gasteiger partial charge in [0.1, 0.15) is 5.82 Å². The highest BCUT2D eigenvalue weighted by molar-refractivity contribution is 5.47. The van der Waals surface area contributed by atoms with Crippen molar-refractivity contribution in [2.45, 2.75) is 6.04 Å². The third-order valence-electron chi connectivity index (χ3n) is 3.73. The third-order valence-corrected chi connectivity index (χ3v) is 3.73. The van der Waals surface area contributed by atoms with Gasteiger partial charge in [-0.3, -0.25) is 4.90 Å². The molecule has 1 aromatic heterocycles. The van der Waals surface area contributed by atoms with Crippen molar-refractivity contribution in [2.75, 3.05) is 44.2 Å². The fourth-order valence-electron chi connectivity index (χ4n) is 2.58. The molecule has 2 fully saturated rings. The standard InChI is InChI=1S/C13H17N5/c14-8-11-1-2-16-13(7-11)18-9-12(10-18)17-5-3-15-4-6-17/h1-2,7,12,15H,3-6,9-10H2. The molecular formula is C13H17N5. The molecule has 0 atom stereocenters. The second-order valence-corrected chi connectivity index (χ2v) is 4.86. The molecular weight excluding hydrogens is 226 g/mol. The number of hydrogen-bond acceptors (Lipinski definition) is 5. The Balaban J connectivity index is 1.59. The maximum atomic E-state index is 8.88. The van der Waals surface area contributed by atoms with Gasteiger partial charge in [-0.25, -0.2) is 4.98 Å². The minimum atomic E-state index is 0.652. The fourth-order valence-corrected chi connectivity index (χ4v) is 2.58. The van der Waals surface area contributed by atoms with Crippen LogP contribution in [0.3, 0.4) is 0 Å². The molecule has 0 aliphatic carbocycles. The van der Waals surface area contributed by atoms with Gasteiger partial charge in [-0.2, -0.15) is 5.26 Å². The fraction of sp³-hybridized carbons (Fsp3) is 0.538. The minimum absolute atomic E-state index is 0.652. The molecule has 3 rings (SSSR count). The van der Waals surface area contributed by atoms with Crippen LogP contribution in [-0.2, 0) is 0 Å². The molecule has 0 amide bonds. The number of nitrogens with zero attached hydrogens (tertiary/aromatic N) is 4. The number of piperazine rings is 1. The van der Waals surface area contributed by atoms with Crippen molar-refractivity contribution in [3.8, 4) is 6.07 Å². The molecule has 0 bridgehead atoms. The van der Waals surface area contributed by atoms with E-state index in [2.05, 4.69) is 26.2 Å². The summed E-state index contributed by atoms with van der Waals surface area (Å²) in [6.45, 7) is 6.54. The molecule has 1 N–H and O–H groups in total. The molecule has 5 heteroatoms. The van der Waals surface area contributed by atoms with Gasteiger partial charge < -0.3 is 10.2 Å². The monoisotopic (exact) mass is 243 g/mol. The first-order chi connectivity index (χ1) is 8.86. The molecule has 5 nitrogen and oxygen atoms in total. The lowest BCUT2D eigenvalue weighted by Gasteiger charge is -2.47. The topological polar surface area (TPSA) is 55.2 Å². The molecule has 2 saturated heterocycles. The van der Waals surface area contributed by atoms with Gasteiger partial charge >= 0.3 is 0 Å². The first-order valence-electron chi connectivity index (χ1n) is 6.43. The summed E-state index contributed by atoms with van der Waals surface area (Å²) in [6, 6.07) is 6.43.